The first-order chi connectivity index (χ1) is 9.19. The molecule has 0 aliphatic heterocycles. The van der Waals surface area contributed by atoms with E-state index in [9.17, 15) is 4.79 Å². The van der Waals surface area contributed by atoms with Crippen LogP contribution in [0.25, 0.3) is 5.69 Å². The molecule has 1 saturated carbocycles. The SMILES string of the molecule is NC1(C(=O)Nc2ccccc2-n2cncn2)CCC1. The molecule has 0 unspecified atom stereocenters. The highest BCUT2D eigenvalue weighted by Gasteiger charge is 2.40. The lowest BCUT2D eigenvalue weighted by atomic mass is 9.77. The van der Waals surface area contributed by atoms with Gasteiger partial charge in [0.15, 0.2) is 0 Å². The zero-order valence-electron chi connectivity index (χ0n) is 10.4. The van der Waals surface area contributed by atoms with Gasteiger partial charge >= 0.3 is 0 Å². The number of anilines is 1. The molecule has 0 saturated heterocycles. The number of nitrogens with zero attached hydrogens (tertiary/aromatic N) is 3. The Morgan fingerprint density at radius 3 is 2.79 bits per heavy atom. The fourth-order valence-electron chi connectivity index (χ4n) is 2.14. The van der Waals surface area contributed by atoms with E-state index in [1.54, 1.807) is 11.0 Å². The van der Waals surface area contributed by atoms with Crippen LogP contribution in [0.15, 0.2) is 36.9 Å². The van der Waals surface area contributed by atoms with Crippen molar-refractivity contribution in [2.45, 2.75) is 24.8 Å². The van der Waals surface area contributed by atoms with Crippen molar-refractivity contribution in [3.63, 3.8) is 0 Å². The average molecular weight is 257 g/mol. The van der Waals surface area contributed by atoms with Crippen LogP contribution in [0.3, 0.4) is 0 Å². The Hall–Kier alpha value is -2.21. The van der Waals surface area contributed by atoms with E-state index in [4.69, 9.17) is 5.73 Å². The van der Waals surface area contributed by atoms with E-state index >= 15 is 0 Å². The Balaban J connectivity index is 1.87. The van der Waals surface area contributed by atoms with Gasteiger partial charge < -0.3 is 11.1 Å². The molecule has 19 heavy (non-hydrogen) atoms. The van der Waals surface area contributed by atoms with Gasteiger partial charge in [-0.1, -0.05) is 12.1 Å². The molecule has 0 atom stereocenters. The average Bonchev–Trinajstić information content (AvgIpc) is 2.90. The van der Waals surface area contributed by atoms with E-state index in [2.05, 4.69) is 15.4 Å². The summed E-state index contributed by atoms with van der Waals surface area (Å²) in [5.41, 5.74) is 6.77. The fraction of sp³-hybridized carbons (Fsp3) is 0.308. The molecule has 2 aromatic rings. The Kier molecular flexibility index (Phi) is 2.79. The highest BCUT2D eigenvalue weighted by molar-refractivity contribution is 5.99. The summed E-state index contributed by atoms with van der Waals surface area (Å²) < 4.78 is 1.61. The summed E-state index contributed by atoms with van der Waals surface area (Å²) >= 11 is 0. The summed E-state index contributed by atoms with van der Waals surface area (Å²) in [5.74, 6) is -0.133. The van der Waals surface area contributed by atoms with Crippen molar-refractivity contribution in [1.29, 1.82) is 0 Å². The number of hydrogen-bond donors (Lipinski definition) is 2. The van der Waals surface area contributed by atoms with Gasteiger partial charge in [-0.15, -0.1) is 0 Å². The molecule has 0 spiro atoms. The third kappa shape index (κ3) is 2.10. The topological polar surface area (TPSA) is 85.8 Å². The van der Waals surface area contributed by atoms with Gasteiger partial charge in [0.2, 0.25) is 5.91 Å². The second kappa shape index (κ2) is 4.47. The highest BCUT2D eigenvalue weighted by atomic mass is 16.2. The summed E-state index contributed by atoms with van der Waals surface area (Å²) in [6, 6.07) is 7.44. The molecule has 1 aliphatic rings. The van der Waals surface area contributed by atoms with Crippen molar-refractivity contribution in [3.05, 3.63) is 36.9 Å². The van der Waals surface area contributed by atoms with Gasteiger partial charge in [0.25, 0.3) is 0 Å². The van der Waals surface area contributed by atoms with Crippen molar-refractivity contribution in [2.24, 2.45) is 5.73 Å². The van der Waals surface area contributed by atoms with Gasteiger partial charge in [0.1, 0.15) is 12.7 Å². The minimum absolute atomic E-state index is 0.133. The molecule has 1 aromatic heterocycles. The van der Waals surface area contributed by atoms with Crippen LogP contribution in [-0.2, 0) is 4.79 Å². The predicted octanol–water partition coefficient (Wildman–Crippen LogP) is 1.09. The number of hydrogen-bond acceptors (Lipinski definition) is 4. The molecule has 3 N–H and O–H groups in total. The zero-order valence-corrected chi connectivity index (χ0v) is 10.4. The quantitative estimate of drug-likeness (QED) is 0.861. The van der Waals surface area contributed by atoms with Crippen LogP contribution in [0.1, 0.15) is 19.3 Å². The maximum absolute atomic E-state index is 12.2. The lowest BCUT2D eigenvalue weighted by molar-refractivity contribution is -0.123. The third-order valence-corrected chi connectivity index (χ3v) is 3.52. The van der Waals surface area contributed by atoms with Crippen LogP contribution in [-0.4, -0.2) is 26.2 Å². The van der Waals surface area contributed by atoms with E-state index in [-0.39, 0.29) is 5.91 Å². The van der Waals surface area contributed by atoms with E-state index in [0.29, 0.717) is 5.69 Å². The first kappa shape index (κ1) is 11.9. The Labute approximate surface area is 110 Å². The zero-order chi connectivity index (χ0) is 13.3. The Bertz CT molecular complexity index is 589. The van der Waals surface area contributed by atoms with Crippen molar-refractivity contribution in [3.8, 4) is 5.69 Å². The second-order valence-corrected chi connectivity index (χ2v) is 4.82. The summed E-state index contributed by atoms with van der Waals surface area (Å²) in [7, 11) is 0. The standard InChI is InChI=1S/C13H15N5O/c14-13(6-3-7-13)12(19)17-10-4-1-2-5-11(10)18-9-15-8-16-18/h1-2,4-5,8-9H,3,6-7,14H2,(H,17,19). The lowest BCUT2D eigenvalue weighted by Gasteiger charge is -2.36. The van der Waals surface area contributed by atoms with Crippen LogP contribution in [0.5, 0.6) is 0 Å². The number of benzene rings is 1. The smallest absolute Gasteiger partial charge is 0.244 e. The molecule has 6 nitrogen and oxygen atoms in total. The third-order valence-electron chi connectivity index (χ3n) is 3.52. The van der Waals surface area contributed by atoms with Gasteiger partial charge in [-0.3, -0.25) is 4.79 Å². The van der Waals surface area contributed by atoms with E-state index in [1.165, 1.54) is 6.33 Å². The number of aromatic nitrogens is 3. The van der Waals surface area contributed by atoms with Gasteiger partial charge in [-0.2, -0.15) is 5.10 Å². The number of amides is 1. The normalized spacial score (nSPS) is 16.7. The molecule has 98 valence electrons. The van der Waals surface area contributed by atoms with Crippen LogP contribution < -0.4 is 11.1 Å². The minimum atomic E-state index is -0.713. The predicted molar refractivity (Wildman–Crippen MR) is 70.8 cm³/mol. The van der Waals surface area contributed by atoms with Crippen molar-refractivity contribution in [1.82, 2.24) is 14.8 Å². The number of nitrogens with one attached hydrogen (secondary N) is 1. The number of carbonyl (C=O) groups excluding carboxylic acids is 1. The number of carbonyl (C=O) groups is 1. The first-order valence-electron chi connectivity index (χ1n) is 6.23. The molecular weight excluding hydrogens is 242 g/mol. The fourth-order valence-corrected chi connectivity index (χ4v) is 2.14. The molecule has 1 heterocycles. The highest BCUT2D eigenvalue weighted by Crippen LogP contribution is 2.31. The summed E-state index contributed by atoms with van der Waals surface area (Å²) in [6.45, 7) is 0. The van der Waals surface area contributed by atoms with Gasteiger partial charge in [0.05, 0.1) is 16.9 Å². The largest absolute Gasteiger partial charge is 0.323 e. The summed E-state index contributed by atoms with van der Waals surface area (Å²) in [5, 5.41) is 6.96. The minimum Gasteiger partial charge on any atom is -0.323 e. The molecular formula is C13H15N5O. The van der Waals surface area contributed by atoms with E-state index in [0.717, 1.165) is 24.9 Å². The van der Waals surface area contributed by atoms with Crippen molar-refractivity contribution >= 4 is 11.6 Å². The van der Waals surface area contributed by atoms with Crippen LogP contribution in [0, 0.1) is 0 Å². The number of nitrogens with two attached hydrogens (primary N) is 1. The van der Waals surface area contributed by atoms with Gasteiger partial charge in [-0.25, -0.2) is 9.67 Å². The number of para-hydroxylation sites is 2. The summed E-state index contributed by atoms with van der Waals surface area (Å²) in [4.78, 5) is 16.1. The molecule has 1 aromatic carbocycles. The molecule has 1 amide bonds. The number of rotatable bonds is 3. The van der Waals surface area contributed by atoms with Crippen LogP contribution >= 0.6 is 0 Å². The molecule has 0 bridgehead atoms. The molecule has 6 heteroatoms. The first-order valence-corrected chi connectivity index (χ1v) is 6.23. The second-order valence-electron chi connectivity index (χ2n) is 4.82. The maximum Gasteiger partial charge on any atom is 0.244 e. The molecule has 1 fully saturated rings. The monoisotopic (exact) mass is 257 g/mol. The summed E-state index contributed by atoms with van der Waals surface area (Å²) in [6.07, 6.45) is 5.53. The van der Waals surface area contributed by atoms with Crippen LogP contribution in [0.4, 0.5) is 5.69 Å². The molecule has 3 rings (SSSR count). The molecule has 1 aliphatic carbocycles. The van der Waals surface area contributed by atoms with Gasteiger partial charge in [-0.05, 0) is 31.4 Å². The molecule has 0 radical (unpaired) electrons. The van der Waals surface area contributed by atoms with E-state index < -0.39 is 5.54 Å². The van der Waals surface area contributed by atoms with Crippen molar-refractivity contribution in [2.75, 3.05) is 5.32 Å². The van der Waals surface area contributed by atoms with E-state index in [1.807, 2.05) is 24.3 Å². The Morgan fingerprint density at radius 2 is 2.16 bits per heavy atom. The van der Waals surface area contributed by atoms with Crippen LogP contribution in [0.2, 0.25) is 0 Å². The lowest BCUT2D eigenvalue weighted by Crippen LogP contribution is -2.56. The van der Waals surface area contributed by atoms with Gasteiger partial charge in [0, 0.05) is 0 Å². The maximum atomic E-state index is 12.2. The van der Waals surface area contributed by atoms with Crippen molar-refractivity contribution < 1.29 is 4.79 Å². The Morgan fingerprint density at radius 1 is 1.37 bits per heavy atom.